The summed E-state index contributed by atoms with van der Waals surface area (Å²) in [5, 5.41) is 9.52. The first-order valence-corrected chi connectivity index (χ1v) is 11.2. The summed E-state index contributed by atoms with van der Waals surface area (Å²) in [6.07, 6.45) is 3.95. The molecule has 7 heteroatoms. The summed E-state index contributed by atoms with van der Waals surface area (Å²) >= 11 is 5.07. The predicted molar refractivity (Wildman–Crippen MR) is 126 cm³/mol. The highest BCUT2D eigenvalue weighted by Crippen LogP contribution is 2.50. The van der Waals surface area contributed by atoms with Crippen molar-refractivity contribution >= 4 is 18.6 Å². The molecule has 1 atom stereocenters. The SMILES string of the molecule is CCCCOc1cc2c(nc1C(C)C)-c1cc(=O)c(C(=O)O)cn1[C@@](S)(C(C)(C)C)C2. The summed E-state index contributed by atoms with van der Waals surface area (Å²) in [5.74, 6) is -0.346. The van der Waals surface area contributed by atoms with Crippen LogP contribution < -0.4 is 10.2 Å². The molecule has 0 saturated carbocycles. The minimum atomic E-state index is -1.24. The van der Waals surface area contributed by atoms with Gasteiger partial charge in [-0.25, -0.2) is 9.78 Å². The monoisotopic (exact) mass is 444 g/mol. The molecule has 0 amide bonds. The van der Waals surface area contributed by atoms with Crippen molar-refractivity contribution in [3.8, 4) is 17.1 Å². The minimum absolute atomic E-state index is 0.130. The molecule has 1 N–H and O–H groups in total. The van der Waals surface area contributed by atoms with Gasteiger partial charge in [-0.2, -0.15) is 12.6 Å². The van der Waals surface area contributed by atoms with Crippen LogP contribution in [-0.2, 0) is 11.3 Å². The van der Waals surface area contributed by atoms with Crippen LogP contribution in [0.4, 0.5) is 0 Å². The van der Waals surface area contributed by atoms with Crippen molar-refractivity contribution < 1.29 is 14.6 Å². The molecule has 2 aromatic rings. The number of carboxylic acid groups (broad SMARTS) is 1. The van der Waals surface area contributed by atoms with E-state index >= 15 is 0 Å². The molecule has 3 heterocycles. The highest BCUT2D eigenvalue weighted by Gasteiger charge is 2.45. The fourth-order valence-corrected chi connectivity index (χ4v) is 4.26. The van der Waals surface area contributed by atoms with Gasteiger partial charge in [-0.3, -0.25) is 4.79 Å². The Kier molecular flexibility index (Phi) is 6.29. The molecule has 0 aromatic carbocycles. The number of nitrogens with zero attached hydrogens (tertiary/aromatic N) is 2. The highest BCUT2D eigenvalue weighted by molar-refractivity contribution is 7.81. The Morgan fingerprint density at radius 1 is 1.35 bits per heavy atom. The number of hydrogen-bond donors (Lipinski definition) is 2. The number of thiol groups is 1. The molecule has 2 aromatic heterocycles. The first kappa shape index (κ1) is 23.4. The van der Waals surface area contributed by atoms with E-state index in [0.29, 0.717) is 24.4 Å². The van der Waals surface area contributed by atoms with E-state index in [1.54, 1.807) is 0 Å². The Morgan fingerprint density at radius 2 is 2.03 bits per heavy atom. The molecule has 0 radical (unpaired) electrons. The average molecular weight is 445 g/mol. The summed E-state index contributed by atoms with van der Waals surface area (Å²) < 4.78 is 7.90. The van der Waals surface area contributed by atoms with Crippen molar-refractivity contribution in [1.82, 2.24) is 9.55 Å². The molecule has 6 nitrogen and oxygen atoms in total. The van der Waals surface area contributed by atoms with E-state index in [0.717, 1.165) is 29.8 Å². The summed E-state index contributed by atoms with van der Waals surface area (Å²) in [6, 6.07) is 3.41. The molecule has 0 fully saturated rings. The molecule has 168 valence electrons. The largest absolute Gasteiger partial charge is 0.492 e. The van der Waals surface area contributed by atoms with Crippen LogP contribution in [0.15, 0.2) is 23.1 Å². The highest BCUT2D eigenvalue weighted by atomic mass is 32.1. The second kappa shape index (κ2) is 8.34. The number of rotatable bonds is 6. The zero-order valence-electron chi connectivity index (χ0n) is 19.2. The van der Waals surface area contributed by atoms with Crippen molar-refractivity contribution in [2.45, 2.75) is 71.6 Å². The van der Waals surface area contributed by atoms with E-state index in [-0.39, 0.29) is 16.9 Å². The van der Waals surface area contributed by atoms with Gasteiger partial charge >= 0.3 is 5.97 Å². The predicted octanol–water partition coefficient (Wildman–Crippen LogP) is 5.10. The van der Waals surface area contributed by atoms with Gasteiger partial charge in [0.15, 0.2) is 5.43 Å². The van der Waals surface area contributed by atoms with Crippen molar-refractivity contribution in [2.75, 3.05) is 6.61 Å². The van der Waals surface area contributed by atoms with Crippen molar-refractivity contribution in [2.24, 2.45) is 5.41 Å². The summed E-state index contributed by atoms with van der Waals surface area (Å²) in [4.78, 5) is 28.4. The molecule has 1 aliphatic rings. The summed E-state index contributed by atoms with van der Waals surface area (Å²) in [7, 11) is 0. The van der Waals surface area contributed by atoms with Gasteiger partial charge in [0.2, 0.25) is 0 Å². The lowest BCUT2D eigenvalue weighted by molar-refractivity contribution is 0.0693. The molecule has 0 bridgehead atoms. The lowest BCUT2D eigenvalue weighted by Crippen LogP contribution is -2.46. The van der Waals surface area contributed by atoms with E-state index < -0.39 is 16.3 Å². The van der Waals surface area contributed by atoms with E-state index in [9.17, 15) is 14.7 Å². The Bertz CT molecular complexity index is 1070. The third-order valence-corrected chi connectivity index (χ3v) is 7.00. The van der Waals surface area contributed by atoms with Gasteiger partial charge in [0.25, 0.3) is 0 Å². The molecule has 3 rings (SSSR count). The number of fused-ring (bicyclic) bond motifs is 3. The van der Waals surface area contributed by atoms with Gasteiger partial charge in [-0.15, -0.1) is 0 Å². The standard InChI is InChI=1S/C24H32N2O4S/c1-7-8-9-30-19-10-15-12-24(31,23(4,5)6)26-13-16(22(28)29)18(27)11-17(26)21(15)25-20(19)14(2)3/h10-11,13-14,31H,7-9,12H2,1-6H3,(H,28,29)/t24-/m0/s1. The van der Waals surface area contributed by atoms with Crippen molar-refractivity contribution in [3.63, 3.8) is 0 Å². The fourth-order valence-electron chi connectivity index (χ4n) is 3.92. The normalized spacial score (nSPS) is 17.9. The number of carbonyl (C=O) groups is 1. The van der Waals surface area contributed by atoms with Gasteiger partial charge in [-0.1, -0.05) is 48.0 Å². The first-order valence-electron chi connectivity index (χ1n) is 10.8. The van der Waals surface area contributed by atoms with Gasteiger partial charge in [0.1, 0.15) is 11.3 Å². The molecule has 0 saturated heterocycles. The van der Waals surface area contributed by atoms with E-state index in [4.69, 9.17) is 22.3 Å². The lowest BCUT2D eigenvalue weighted by Gasteiger charge is -2.47. The van der Waals surface area contributed by atoms with Crippen LogP contribution in [0.1, 0.15) is 81.9 Å². The molecular weight excluding hydrogens is 412 g/mol. The van der Waals surface area contributed by atoms with Gasteiger partial charge in [0, 0.05) is 18.7 Å². The maximum Gasteiger partial charge on any atom is 0.341 e. The second-order valence-electron chi connectivity index (χ2n) is 9.59. The van der Waals surface area contributed by atoms with E-state index in [2.05, 4.69) is 41.5 Å². The third-order valence-electron chi connectivity index (χ3n) is 5.96. The maximum absolute atomic E-state index is 12.6. The molecule has 0 unspecified atom stereocenters. The van der Waals surface area contributed by atoms with Gasteiger partial charge in [-0.05, 0) is 29.4 Å². The van der Waals surface area contributed by atoms with Crippen molar-refractivity contribution in [1.29, 1.82) is 0 Å². The number of ether oxygens (including phenoxy) is 1. The smallest absolute Gasteiger partial charge is 0.341 e. The van der Waals surface area contributed by atoms with Crippen molar-refractivity contribution in [3.05, 3.63) is 45.4 Å². The summed E-state index contributed by atoms with van der Waals surface area (Å²) in [6.45, 7) is 13.0. The van der Waals surface area contributed by atoms with Gasteiger partial charge in [0.05, 0.1) is 28.6 Å². The zero-order valence-corrected chi connectivity index (χ0v) is 20.0. The number of hydrogen-bond acceptors (Lipinski definition) is 5. The zero-order chi connectivity index (χ0) is 23.1. The average Bonchev–Trinajstić information content (AvgIpc) is 2.66. The Balaban J connectivity index is 2.30. The molecular formula is C24H32N2O4S. The number of pyridine rings is 2. The maximum atomic E-state index is 12.6. The molecule has 0 aliphatic carbocycles. The van der Waals surface area contributed by atoms with Gasteiger partial charge < -0.3 is 14.4 Å². The fraction of sp³-hybridized carbons (Fsp3) is 0.542. The van der Waals surface area contributed by atoms with Crippen LogP contribution in [0.5, 0.6) is 5.75 Å². The van der Waals surface area contributed by atoms with Crippen LogP contribution in [0.2, 0.25) is 0 Å². The van der Waals surface area contributed by atoms with E-state index in [1.807, 2.05) is 10.6 Å². The molecule has 1 aliphatic heterocycles. The van der Waals surface area contributed by atoms with Crippen LogP contribution >= 0.6 is 12.6 Å². The van der Waals surface area contributed by atoms with Crippen LogP contribution in [-0.4, -0.2) is 27.2 Å². The quantitative estimate of drug-likeness (QED) is 0.479. The topological polar surface area (TPSA) is 81.4 Å². The number of carboxylic acids is 1. The summed E-state index contributed by atoms with van der Waals surface area (Å²) in [5.41, 5.74) is 1.92. The Labute approximate surface area is 189 Å². The van der Waals surface area contributed by atoms with Crippen LogP contribution in [0, 0.1) is 5.41 Å². The van der Waals surface area contributed by atoms with E-state index in [1.165, 1.54) is 12.3 Å². The number of unbranched alkanes of at least 4 members (excludes halogenated alkanes) is 1. The lowest BCUT2D eigenvalue weighted by atomic mass is 9.78. The number of aromatic nitrogens is 2. The minimum Gasteiger partial charge on any atom is -0.492 e. The van der Waals surface area contributed by atoms with Crippen LogP contribution in [0.3, 0.4) is 0 Å². The molecule has 31 heavy (non-hydrogen) atoms. The number of aromatic carboxylic acids is 1. The Hall–Kier alpha value is -2.28. The Morgan fingerprint density at radius 3 is 2.58 bits per heavy atom. The second-order valence-corrected chi connectivity index (χ2v) is 10.3. The third kappa shape index (κ3) is 4.12. The van der Waals surface area contributed by atoms with Crippen LogP contribution in [0.25, 0.3) is 11.4 Å². The molecule has 0 spiro atoms. The first-order chi connectivity index (χ1) is 14.4.